The van der Waals surface area contributed by atoms with Gasteiger partial charge < -0.3 is 13.7 Å². The number of halogens is 1. The van der Waals surface area contributed by atoms with Gasteiger partial charge in [-0.05, 0) is 17.7 Å². The largest absolute Gasteiger partial charge is 0.437 e. The molecule has 1 aromatic carbocycles. The van der Waals surface area contributed by atoms with Crippen LogP contribution in [0.1, 0.15) is 30.0 Å². The van der Waals surface area contributed by atoms with Crippen LogP contribution in [0.5, 0.6) is 0 Å². The summed E-state index contributed by atoms with van der Waals surface area (Å²) in [6, 6.07) is 7.16. The van der Waals surface area contributed by atoms with E-state index in [1.165, 1.54) is 21.9 Å². The molecule has 154 valence electrons. The van der Waals surface area contributed by atoms with Crippen molar-refractivity contribution in [3.05, 3.63) is 74.3 Å². The normalized spacial score (nSPS) is 19.0. The number of fused-ring (bicyclic) bond motifs is 1. The molecule has 4 heterocycles. The van der Waals surface area contributed by atoms with Crippen molar-refractivity contribution in [2.75, 3.05) is 6.61 Å². The van der Waals surface area contributed by atoms with Crippen molar-refractivity contribution in [2.45, 2.75) is 25.1 Å². The van der Waals surface area contributed by atoms with E-state index in [9.17, 15) is 9.59 Å². The molecule has 3 aromatic heterocycles. The molecular formula is C19H17ClN6O4. The molecule has 1 fully saturated rings. The third-order valence-corrected chi connectivity index (χ3v) is 5.43. The molecule has 2 atom stereocenters. The molecule has 4 aromatic rings. The predicted octanol–water partition coefficient (Wildman–Crippen LogP) is 1.68. The van der Waals surface area contributed by atoms with Crippen LogP contribution in [0, 0.1) is 0 Å². The van der Waals surface area contributed by atoms with E-state index in [0.29, 0.717) is 29.2 Å². The maximum atomic E-state index is 12.7. The minimum Gasteiger partial charge on any atom is -0.390 e. The Hall–Kier alpha value is -3.24. The lowest BCUT2D eigenvalue weighted by atomic mass is 10.1. The highest BCUT2D eigenvalue weighted by molar-refractivity contribution is 6.30. The summed E-state index contributed by atoms with van der Waals surface area (Å²) in [5.74, 6) is -0.460. The highest BCUT2D eigenvalue weighted by Gasteiger charge is 2.31. The smallest absolute Gasteiger partial charge is 0.390 e. The van der Waals surface area contributed by atoms with Crippen LogP contribution in [0.25, 0.3) is 11.2 Å². The zero-order chi connectivity index (χ0) is 20.8. The first kappa shape index (κ1) is 18.8. The number of imidazole rings is 1. The van der Waals surface area contributed by atoms with Gasteiger partial charge in [0.15, 0.2) is 11.2 Å². The van der Waals surface area contributed by atoms with Gasteiger partial charge in [-0.2, -0.15) is 4.68 Å². The maximum Gasteiger partial charge on any atom is 0.437 e. The quantitative estimate of drug-likeness (QED) is 0.486. The zero-order valence-corrected chi connectivity index (χ0v) is 16.7. The van der Waals surface area contributed by atoms with Crippen LogP contribution in [0.2, 0.25) is 5.02 Å². The second kappa shape index (κ2) is 7.22. The van der Waals surface area contributed by atoms with Crippen molar-refractivity contribution in [2.24, 2.45) is 7.05 Å². The minimum absolute atomic E-state index is 0.0105. The molecule has 0 saturated carbocycles. The first-order valence-electron chi connectivity index (χ1n) is 9.31. The molecule has 0 radical (unpaired) electrons. The lowest BCUT2D eigenvalue weighted by Gasteiger charge is -2.09. The highest BCUT2D eigenvalue weighted by atomic mass is 35.5. The summed E-state index contributed by atoms with van der Waals surface area (Å²) in [5.41, 5.74) is 1.43. The van der Waals surface area contributed by atoms with Crippen molar-refractivity contribution in [1.29, 1.82) is 0 Å². The van der Waals surface area contributed by atoms with Gasteiger partial charge in [-0.1, -0.05) is 23.7 Å². The molecule has 5 rings (SSSR count). The van der Waals surface area contributed by atoms with Gasteiger partial charge in [-0.25, -0.2) is 14.8 Å². The van der Waals surface area contributed by atoms with Gasteiger partial charge in [0, 0.05) is 18.5 Å². The molecule has 0 unspecified atom stereocenters. The van der Waals surface area contributed by atoms with Crippen LogP contribution in [-0.4, -0.2) is 35.5 Å². The highest BCUT2D eigenvalue weighted by Crippen LogP contribution is 2.34. The van der Waals surface area contributed by atoms with Crippen molar-refractivity contribution in [1.82, 2.24) is 28.9 Å². The van der Waals surface area contributed by atoms with E-state index in [2.05, 4.69) is 15.1 Å². The van der Waals surface area contributed by atoms with Gasteiger partial charge in [0.05, 0.1) is 25.1 Å². The summed E-state index contributed by atoms with van der Waals surface area (Å²) in [4.78, 5) is 33.2. The SMILES string of the molecule is Cn1cnc2ncn(Cc3nn([C@@H]4CO[C@@H](c5ccc(Cl)cc5)C4)c(=O)o3)c(=O)c21. The van der Waals surface area contributed by atoms with Crippen LogP contribution in [0.3, 0.4) is 0 Å². The Kier molecular flexibility index (Phi) is 4.52. The molecule has 0 aliphatic carbocycles. The van der Waals surface area contributed by atoms with Crippen molar-refractivity contribution in [3.63, 3.8) is 0 Å². The van der Waals surface area contributed by atoms with Gasteiger partial charge in [-0.3, -0.25) is 9.36 Å². The predicted molar refractivity (Wildman–Crippen MR) is 106 cm³/mol. The lowest BCUT2D eigenvalue weighted by Crippen LogP contribution is -2.23. The van der Waals surface area contributed by atoms with Gasteiger partial charge in [0.2, 0.25) is 5.89 Å². The van der Waals surface area contributed by atoms with E-state index >= 15 is 0 Å². The molecular weight excluding hydrogens is 412 g/mol. The summed E-state index contributed by atoms with van der Waals surface area (Å²) in [5, 5.41) is 4.94. The van der Waals surface area contributed by atoms with Gasteiger partial charge >= 0.3 is 5.76 Å². The third-order valence-electron chi connectivity index (χ3n) is 5.18. The first-order valence-corrected chi connectivity index (χ1v) is 9.69. The number of aromatic nitrogens is 6. The molecule has 30 heavy (non-hydrogen) atoms. The number of hydrogen-bond donors (Lipinski definition) is 0. The van der Waals surface area contributed by atoms with E-state index in [1.54, 1.807) is 23.7 Å². The Morgan fingerprint density at radius 3 is 2.73 bits per heavy atom. The molecule has 0 amide bonds. The van der Waals surface area contributed by atoms with Crippen molar-refractivity contribution in [3.8, 4) is 0 Å². The molecule has 1 saturated heterocycles. The molecule has 10 nitrogen and oxygen atoms in total. The number of benzene rings is 1. The Labute approximate surface area is 174 Å². The van der Waals surface area contributed by atoms with E-state index in [0.717, 1.165) is 5.56 Å². The zero-order valence-electron chi connectivity index (χ0n) is 15.9. The van der Waals surface area contributed by atoms with Crippen LogP contribution < -0.4 is 11.3 Å². The van der Waals surface area contributed by atoms with Gasteiger partial charge in [-0.15, -0.1) is 5.10 Å². The molecule has 1 aliphatic heterocycles. The molecule has 11 heteroatoms. The van der Waals surface area contributed by atoms with Gasteiger partial charge in [0.1, 0.15) is 12.9 Å². The second-order valence-corrected chi connectivity index (χ2v) is 7.61. The van der Waals surface area contributed by atoms with Crippen molar-refractivity contribution >= 4 is 22.8 Å². The van der Waals surface area contributed by atoms with Crippen molar-refractivity contribution < 1.29 is 9.15 Å². The fourth-order valence-corrected chi connectivity index (χ4v) is 3.77. The summed E-state index contributed by atoms with van der Waals surface area (Å²) in [6.07, 6.45) is 3.32. The number of ether oxygens (including phenoxy) is 1. The standard InChI is InChI=1S/C19H17ClN6O4/c1-24-9-21-17-16(24)18(27)25(10-22-17)7-15-23-26(19(28)30-15)13-6-14(29-8-13)11-2-4-12(20)5-3-11/h2-5,9-10,13-14H,6-8H2,1H3/t13-,14+/m0/s1. The molecule has 1 aliphatic rings. The third kappa shape index (κ3) is 3.23. The molecule has 0 bridgehead atoms. The Morgan fingerprint density at radius 2 is 1.93 bits per heavy atom. The van der Waals surface area contributed by atoms with Gasteiger partial charge in [0.25, 0.3) is 5.56 Å². The number of rotatable bonds is 4. The monoisotopic (exact) mass is 428 g/mol. The Balaban J connectivity index is 1.37. The average molecular weight is 429 g/mol. The average Bonchev–Trinajstić information content (AvgIpc) is 3.44. The number of nitrogens with zero attached hydrogens (tertiary/aromatic N) is 6. The first-order chi connectivity index (χ1) is 14.5. The second-order valence-electron chi connectivity index (χ2n) is 7.17. The fourth-order valence-electron chi connectivity index (χ4n) is 3.64. The Bertz CT molecular complexity index is 1340. The van der Waals surface area contributed by atoms with E-state index < -0.39 is 5.76 Å². The van der Waals surface area contributed by atoms with Crippen LogP contribution in [-0.2, 0) is 18.3 Å². The minimum atomic E-state index is -0.585. The van der Waals surface area contributed by atoms with Crippen LogP contribution in [0.15, 0.2) is 50.9 Å². The van der Waals surface area contributed by atoms with E-state index in [1.807, 2.05) is 12.1 Å². The maximum absolute atomic E-state index is 12.7. The lowest BCUT2D eigenvalue weighted by molar-refractivity contribution is 0.107. The van der Waals surface area contributed by atoms with Crippen LogP contribution >= 0.6 is 11.6 Å². The number of aryl methyl sites for hydroxylation is 1. The fraction of sp³-hybridized carbons (Fsp3) is 0.316. The summed E-state index contributed by atoms with van der Waals surface area (Å²) in [6.45, 7) is 0.324. The molecule has 0 N–H and O–H groups in total. The van der Waals surface area contributed by atoms with Crippen LogP contribution in [0.4, 0.5) is 0 Å². The summed E-state index contributed by atoms with van der Waals surface area (Å²) >= 11 is 5.94. The topological polar surface area (TPSA) is 110 Å². The van der Waals surface area contributed by atoms with E-state index in [4.69, 9.17) is 20.8 Å². The van der Waals surface area contributed by atoms with E-state index in [-0.39, 0.29) is 30.1 Å². The summed E-state index contributed by atoms with van der Waals surface area (Å²) < 4.78 is 15.3. The summed E-state index contributed by atoms with van der Waals surface area (Å²) in [7, 11) is 1.72. The number of hydrogen-bond acceptors (Lipinski definition) is 7. The Morgan fingerprint density at radius 1 is 1.17 bits per heavy atom. The molecule has 0 spiro atoms.